The van der Waals surface area contributed by atoms with E-state index in [1.165, 1.54) is 18.8 Å². The van der Waals surface area contributed by atoms with Gasteiger partial charge in [0.25, 0.3) is 0 Å². The summed E-state index contributed by atoms with van der Waals surface area (Å²) < 4.78 is 15.4. The van der Waals surface area contributed by atoms with Gasteiger partial charge in [-0.1, -0.05) is 55.0 Å². The highest BCUT2D eigenvalue weighted by Crippen LogP contribution is 2.24. The van der Waals surface area contributed by atoms with Crippen LogP contribution in [-0.4, -0.2) is 52.0 Å². The molecule has 0 fully saturated rings. The lowest BCUT2D eigenvalue weighted by molar-refractivity contribution is 0.252. The van der Waals surface area contributed by atoms with Crippen LogP contribution in [-0.2, 0) is 14.2 Å². The Morgan fingerprint density at radius 3 is 1.15 bits per heavy atom. The van der Waals surface area contributed by atoms with Crippen LogP contribution in [0.1, 0.15) is 19.3 Å². The maximum atomic E-state index is 5.14. The van der Waals surface area contributed by atoms with Gasteiger partial charge >= 0.3 is 0 Å². The van der Waals surface area contributed by atoms with Crippen molar-refractivity contribution in [2.75, 3.05) is 37.1 Å². The van der Waals surface area contributed by atoms with Gasteiger partial charge in [0.1, 0.15) is 0 Å². The number of thioether (sulfide) groups is 3. The van der Waals surface area contributed by atoms with Gasteiger partial charge in [0.2, 0.25) is 0 Å². The second kappa shape index (κ2) is 16.8. The number of ether oxygens (including phenoxy) is 3. The molecule has 0 aliphatic rings. The molecule has 0 atom stereocenters. The van der Waals surface area contributed by atoms with E-state index in [9.17, 15) is 0 Å². The first kappa shape index (κ1) is 23.7. The molecule has 0 aliphatic heterocycles. The topological polar surface area (TPSA) is 66.4 Å². The molecule has 6 nitrogen and oxygen atoms in total. The van der Waals surface area contributed by atoms with Gasteiger partial charge < -0.3 is 14.2 Å². The lowest BCUT2D eigenvalue weighted by Gasteiger charge is -2.07. The number of nitrogens with zero attached hydrogens (tertiary/aromatic N) is 3. The third-order valence-corrected chi connectivity index (χ3v) is 5.64. The summed E-state index contributed by atoms with van der Waals surface area (Å²) in [5.74, 6) is 2.64. The Bertz CT molecular complexity index is 473. The predicted octanol–water partition coefficient (Wildman–Crippen LogP) is 4.80. The van der Waals surface area contributed by atoms with Gasteiger partial charge in [-0.2, -0.15) is 15.0 Å². The van der Waals surface area contributed by atoms with Gasteiger partial charge in [-0.3, -0.25) is 0 Å². The normalized spacial score (nSPS) is 10.2. The minimum atomic E-state index is 0.650. The molecule has 0 aromatic carbocycles. The van der Waals surface area contributed by atoms with Gasteiger partial charge in [-0.15, -0.1) is 0 Å². The van der Waals surface area contributed by atoms with Crippen LogP contribution in [0.15, 0.2) is 54.0 Å². The van der Waals surface area contributed by atoms with E-state index in [2.05, 4.69) is 34.7 Å². The SMILES string of the molecule is C=COCCCSc1nc(SCCCOC=C)nc(SCCCOC=C)n1. The molecular weight excluding hydrogens is 402 g/mol. The third kappa shape index (κ3) is 12.6. The lowest BCUT2D eigenvalue weighted by Crippen LogP contribution is -2.00. The summed E-state index contributed by atoms with van der Waals surface area (Å²) in [5.41, 5.74) is 0. The molecule has 0 saturated carbocycles. The zero-order valence-electron chi connectivity index (χ0n) is 15.5. The van der Waals surface area contributed by atoms with Crippen molar-refractivity contribution < 1.29 is 14.2 Å². The van der Waals surface area contributed by atoms with E-state index >= 15 is 0 Å². The molecule has 0 radical (unpaired) electrons. The summed E-state index contributed by atoms with van der Waals surface area (Å²) in [7, 11) is 0. The minimum absolute atomic E-state index is 0.650. The zero-order chi connectivity index (χ0) is 19.6. The maximum absolute atomic E-state index is 5.14. The van der Waals surface area contributed by atoms with Crippen LogP contribution in [0.5, 0.6) is 0 Å². The fraction of sp³-hybridized carbons (Fsp3) is 0.500. The van der Waals surface area contributed by atoms with Gasteiger partial charge in [0, 0.05) is 17.3 Å². The fourth-order valence-corrected chi connectivity index (χ4v) is 4.10. The maximum Gasteiger partial charge on any atom is 0.192 e. The average molecular weight is 430 g/mol. The molecule has 1 aromatic rings. The summed E-state index contributed by atoms with van der Waals surface area (Å²) >= 11 is 4.84. The van der Waals surface area contributed by atoms with Crippen molar-refractivity contribution >= 4 is 35.3 Å². The Labute approximate surface area is 174 Å². The Kier molecular flexibility index (Phi) is 14.8. The fourth-order valence-electron chi connectivity index (χ4n) is 1.68. The molecular formula is C18H27N3O3S3. The summed E-state index contributed by atoms with van der Waals surface area (Å²) in [6.45, 7) is 12.6. The van der Waals surface area contributed by atoms with Crippen molar-refractivity contribution in [2.24, 2.45) is 0 Å². The van der Waals surface area contributed by atoms with Crippen molar-refractivity contribution in [3.05, 3.63) is 38.5 Å². The highest BCUT2D eigenvalue weighted by Gasteiger charge is 2.09. The monoisotopic (exact) mass is 429 g/mol. The molecule has 1 heterocycles. The van der Waals surface area contributed by atoms with Crippen LogP contribution in [0.25, 0.3) is 0 Å². The quantitative estimate of drug-likeness (QED) is 0.186. The molecule has 1 aromatic heterocycles. The molecule has 0 N–H and O–H groups in total. The second-order valence-corrected chi connectivity index (χ2v) is 8.09. The molecule has 0 amide bonds. The van der Waals surface area contributed by atoms with Crippen LogP contribution < -0.4 is 0 Å². The second-order valence-electron chi connectivity index (χ2n) is 4.90. The highest BCUT2D eigenvalue weighted by molar-refractivity contribution is 8.00. The third-order valence-electron chi connectivity index (χ3n) is 2.84. The van der Waals surface area contributed by atoms with Crippen LogP contribution >= 0.6 is 35.3 Å². The van der Waals surface area contributed by atoms with E-state index in [0.29, 0.717) is 19.8 Å². The standard InChI is InChI=1S/C18H27N3O3S3/c1-4-22-10-7-13-25-16-19-17(26-14-8-11-23-5-2)21-18(20-16)27-15-9-12-24-6-3/h4-6H,1-3,7-15H2. The van der Waals surface area contributed by atoms with Gasteiger partial charge in [-0.05, 0) is 19.3 Å². The lowest BCUT2D eigenvalue weighted by atomic mass is 10.5. The molecule has 27 heavy (non-hydrogen) atoms. The van der Waals surface area contributed by atoms with E-state index < -0.39 is 0 Å². The molecule has 0 saturated heterocycles. The van der Waals surface area contributed by atoms with Gasteiger partial charge in [-0.25, -0.2) is 0 Å². The first-order valence-electron chi connectivity index (χ1n) is 8.62. The van der Waals surface area contributed by atoms with Crippen LogP contribution in [0, 0.1) is 0 Å². The Balaban J connectivity index is 2.55. The number of hydrogen-bond donors (Lipinski definition) is 0. The van der Waals surface area contributed by atoms with Crippen LogP contribution in [0.2, 0.25) is 0 Å². The number of aromatic nitrogens is 3. The van der Waals surface area contributed by atoms with Crippen LogP contribution in [0.4, 0.5) is 0 Å². The number of hydrogen-bond acceptors (Lipinski definition) is 9. The summed E-state index contributed by atoms with van der Waals surface area (Å²) in [6.07, 6.45) is 7.11. The average Bonchev–Trinajstić information content (AvgIpc) is 2.67. The highest BCUT2D eigenvalue weighted by atomic mass is 32.2. The van der Waals surface area contributed by atoms with E-state index in [1.807, 2.05) is 0 Å². The first-order valence-corrected chi connectivity index (χ1v) is 11.6. The molecule has 0 bridgehead atoms. The van der Waals surface area contributed by atoms with Crippen molar-refractivity contribution in [1.82, 2.24) is 15.0 Å². The summed E-state index contributed by atoms with van der Waals surface area (Å²) in [6, 6.07) is 0. The molecule has 0 unspecified atom stereocenters. The van der Waals surface area contributed by atoms with E-state index in [4.69, 9.17) is 14.2 Å². The smallest absolute Gasteiger partial charge is 0.192 e. The van der Waals surface area contributed by atoms with E-state index in [1.54, 1.807) is 35.3 Å². The Hall–Kier alpha value is -1.32. The van der Waals surface area contributed by atoms with Crippen molar-refractivity contribution in [2.45, 2.75) is 34.7 Å². The summed E-state index contributed by atoms with van der Waals surface area (Å²) in [4.78, 5) is 13.7. The zero-order valence-corrected chi connectivity index (χ0v) is 18.0. The largest absolute Gasteiger partial charge is 0.502 e. The van der Waals surface area contributed by atoms with Crippen molar-refractivity contribution in [3.63, 3.8) is 0 Å². The Morgan fingerprint density at radius 2 is 0.889 bits per heavy atom. The van der Waals surface area contributed by atoms with Crippen molar-refractivity contribution in [3.8, 4) is 0 Å². The van der Waals surface area contributed by atoms with Crippen molar-refractivity contribution in [1.29, 1.82) is 0 Å². The van der Waals surface area contributed by atoms with Gasteiger partial charge in [0.05, 0.1) is 38.6 Å². The van der Waals surface area contributed by atoms with E-state index in [0.717, 1.165) is 52.0 Å². The molecule has 1 rings (SSSR count). The van der Waals surface area contributed by atoms with Gasteiger partial charge in [0.15, 0.2) is 15.5 Å². The number of rotatable bonds is 18. The summed E-state index contributed by atoms with van der Waals surface area (Å²) in [5, 5.41) is 2.25. The predicted molar refractivity (Wildman–Crippen MR) is 114 cm³/mol. The first-order chi connectivity index (χ1) is 13.3. The minimum Gasteiger partial charge on any atom is -0.502 e. The van der Waals surface area contributed by atoms with Crippen LogP contribution in [0.3, 0.4) is 0 Å². The molecule has 0 aliphatic carbocycles. The molecule has 0 spiro atoms. The van der Waals surface area contributed by atoms with E-state index in [-0.39, 0.29) is 0 Å². The Morgan fingerprint density at radius 1 is 0.593 bits per heavy atom. The molecule has 9 heteroatoms. The molecule has 150 valence electrons.